The van der Waals surface area contributed by atoms with E-state index in [1.165, 1.54) is 0 Å². The van der Waals surface area contributed by atoms with Crippen molar-refractivity contribution in [3.05, 3.63) is 0 Å². The monoisotopic (exact) mass is 253 g/mol. The minimum atomic E-state index is 0.344. The van der Waals surface area contributed by atoms with Gasteiger partial charge in [0, 0.05) is 26.7 Å². The highest BCUT2D eigenvalue weighted by molar-refractivity contribution is 5.81. The molecular formula is C13H27N5. The number of likely N-dealkylation sites (N-methyl/N-ethyl adjacent to an activating group) is 2. The Kier molecular flexibility index (Phi) is 8.14. The molecule has 0 spiro atoms. The van der Waals surface area contributed by atoms with Gasteiger partial charge in [0.05, 0.1) is 0 Å². The lowest BCUT2D eigenvalue weighted by molar-refractivity contribution is 0.367. The van der Waals surface area contributed by atoms with Crippen molar-refractivity contribution in [2.75, 3.05) is 33.7 Å². The molecule has 0 aromatic rings. The second-order valence-corrected chi connectivity index (χ2v) is 5.63. The molecule has 18 heavy (non-hydrogen) atoms. The highest BCUT2D eigenvalue weighted by atomic mass is 15.3. The molecule has 0 fully saturated rings. The summed E-state index contributed by atoms with van der Waals surface area (Å²) in [7, 11) is 3.84. The third kappa shape index (κ3) is 8.82. The molecule has 5 nitrogen and oxygen atoms in total. The number of guanidine groups is 1. The molecule has 0 rings (SSSR count). The van der Waals surface area contributed by atoms with E-state index in [1.54, 1.807) is 0 Å². The van der Waals surface area contributed by atoms with E-state index in [-0.39, 0.29) is 0 Å². The van der Waals surface area contributed by atoms with Gasteiger partial charge in [-0.15, -0.1) is 0 Å². The first-order chi connectivity index (χ1) is 8.40. The van der Waals surface area contributed by atoms with Crippen LogP contribution in [0, 0.1) is 16.9 Å². The van der Waals surface area contributed by atoms with Crippen LogP contribution in [0.2, 0.25) is 0 Å². The van der Waals surface area contributed by atoms with Gasteiger partial charge in [0.15, 0.2) is 6.19 Å². The van der Waals surface area contributed by atoms with Crippen LogP contribution in [0.1, 0.15) is 33.6 Å². The van der Waals surface area contributed by atoms with Crippen molar-refractivity contribution < 1.29 is 0 Å². The summed E-state index contributed by atoms with van der Waals surface area (Å²) >= 11 is 0. The third-order valence-corrected chi connectivity index (χ3v) is 2.57. The van der Waals surface area contributed by atoms with Crippen molar-refractivity contribution in [3.63, 3.8) is 0 Å². The topological polar surface area (TPSA) is 63.4 Å². The van der Waals surface area contributed by atoms with Gasteiger partial charge < -0.3 is 10.2 Å². The predicted octanol–water partition coefficient (Wildman–Crippen LogP) is 1.39. The van der Waals surface area contributed by atoms with Crippen LogP contribution in [-0.2, 0) is 0 Å². The van der Waals surface area contributed by atoms with Crippen molar-refractivity contribution in [3.8, 4) is 6.19 Å². The highest BCUT2D eigenvalue weighted by Gasteiger charge is 2.09. The van der Waals surface area contributed by atoms with Crippen LogP contribution in [0.15, 0.2) is 4.99 Å². The fourth-order valence-electron chi connectivity index (χ4n) is 1.49. The number of nitriles is 1. The lowest BCUT2D eigenvalue weighted by Gasteiger charge is -2.20. The molecule has 0 atom stereocenters. The van der Waals surface area contributed by atoms with Gasteiger partial charge in [-0.05, 0) is 25.3 Å². The number of aliphatic imine (C=N–C) groups is 1. The minimum absolute atomic E-state index is 0.344. The molecule has 0 aromatic carbocycles. The summed E-state index contributed by atoms with van der Waals surface area (Å²) in [6, 6.07) is 0. The fourth-order valence-corrected chi connectivity index (χ4v) is 1.49. The molecule has 0 aliphatic heterocycles. The van der Waals surface area contributed by atoms with Gasteiger partial charge in [-0.1, -0.05) is 20.8 Å². The lowest BCUT2D eigenvalue weighted by Crippen LogP contribution is -2.40. The van der Waals surface area contributed by atoms with Crippen LogP contribution in [0.4, 0.5) is 0 Å². The molecule has 0 aliphatic carbocycles. The zero-order valence-corrected chi connectivity index (χ0v) is 12.4. The van der Waals surface area contributed by atoms with Crippen LogP contribution >= 0.6 is 0 Å². The van der Waals surface area contributed by atoms with Crippen LogP contribution in [0.5, 0.6) is 0 Å². The minimum Gasteiger partial charge on any atom is -0.344 e. The van der Waals surface area contributed by atoms with Crippen LogP contribution in [0.3, 0.4) is 0 Å². The maximum Gasteiger partial charge on any atom is 0.207 e. The molecule has 0 amide bonds. The largest absolute Gasteiger partial charge is 0.344 e. The average molecular weight is 253 g/mol. The first-order valence-electron chi connectivity index (χ1n) is 6.46. The van der Waals surface area contributed by atoms with E-state index in [0.29, 0.717) is 11.4 Å². The first-order valence-corrected chi connectivity index (χ1v) is 6.46. The molecule has 2 N–H and O–H groups in total. The Balaban J connectivity index is 4.19. The van der Waals surface area contributed by atoms with Crippen molar-refractivity contribution in [2.45, 2.75) is 33.6 Å². The number of hydrogen-bond acceptors (Lipinski definition) is 3. The molecular weight excluding hydrogens is 226 g/mol. The van der Waals surface area contributed by atoms with Crippen molar-refractivity contribution >= 4 is 5.96 Å². The quantitative estimate of drug-likeness (QED) is 0.247. The van der Waals surface area contributed by atoms with E-state index >= 15 is 0 Å². The van der Waals surface area contributed by atoms with Crippen molar-refractivity contribution in [1.82, 2.24) is 15.5 Å². The van der Waals surface area contributed by atoms with Gasteiger partial charge in [-0.25, -0.2) is 0 Å². The normalized spacial score (nSPS) is 12.1. The molecule has 0 heterocycles. The fraction of sp³-hybridized carbons (Fsp3) is 0.846. The molecule has 0 saturated heterocycles. The molecule has 0 bridgehead atoms. The molecule has 0 aliphatic rings. The molecule has 0 unspecified atom stereocenters. The van der Waals surface area contributed by atoms with Gasteiger partial charge in [0.1, 0.15) is 0 Å². The van der Waals surface area contributed by atoms with Crippen LogP contribution in [0.25, 0.3) is 0 Å². The second kappa shape index (κ2) is 8.76. The summed E-state index contributed by atoms with van der Waals surface area (Å²) < 4.78 is 0. The Morgan fingerprint density at radius 2 is 2.06 bits per heavy atom. The van der Waals surface area contributed by atoms with Crippen LogP contribution < -0.4 is 10.6 Å². The highest BCUT2D eigenvalue weighted by Crippen LogP contribution is 2.20. The van der Waals surface area contributed by atoms with E-state index < -0.39 is 0 Å². The van der Waals surface area contributed by atoms with Crippen LogP contribution in [-0.4, -0.2) is 44.6 Å². The van der Waals surface area contributed by atoms with E-state index in [1.807, 2.05) is 25.2 Å². The molecule has 0 saturated carbocycles. The van der Waals surface area contributed by atoms with E-state index in [9.17, 15) is 0 Å². The van der Waals surface area contributed by atoms with E-state index in [4.69, 9.17) is 5.26 Å². The van der Waals surface area contributed by atoms with Gasteiger partial charge in [0.2, 0.25) is 5.96 Å². The smallest absolute Gasteiger partial charge is 0.207 e. The first kappa shape index (κ1) is 16.7. The lowest BCUT2D eigenvalue weighted by atomic mass is 9.91. The average Bonchev–Trinajstić information content (AvgIpc) is 2.28. The van der Waals surface area contributed by atoms with Crippen molar-refractivity contribution in [1.29, 1.82) is 5.26 Å². The third-order valence-electron chi connectivity index (χ3n) is 2.57. The predicted molar refractivity (Wildman–Crippen MR) is 76.3 cm³/mol. The summed E-state index contributed by atoms with van der Waals surface area (Å²) in [4.78, 5) is 6.41. The van der Waals surface area contributed by atoms with Gasteiger partial charge >= 0.3 is 0 Å². The van der Waals surface area contributed by atoms with Crippen molar-refractivity contribution in [2.24, 2.45) is 10.4 Å². The summed E-state index contributed by atoms with van der Waals surface area (Å²) in [5.41, 5.74) is 0.344. The van der Waals surface area contributed by atoms with E-state index in [0.717, 1.165) is 32.5 Å². The molecule has 104 valence electrons. The number of hydrogen-bond donors (Lipinski definition) is 2. The standard InChI is InChI=1S/C13H27N5/c1-13(2,3)7-6-8-16-12(17-11-14)18(5)10-9-15-4/h15H,6-10H2,1-5H3,(H,16,17). The van der Waals surface area contributed by atoms with Gasteiger partial charge in [-0.3, -0.25) is 10.3 Å². The number of nitrogens with one attached hydrogen (secondary N) is 2. The van der Waals surface area contributed by atoms with E-state index in [2.05, 4.69) is 36.4 Å². The summed E-state index contributed by atoms with van der Waals surface area (Å²) in [6.07, 6.45) is 4.12. The summed E-state index contributed by atoms with van der Waals surface area (Å²) in [6.45, 7) is 9.12. The number of nitrogens with zero attached hydrogens (tertiary/aromatic N) is 3. The number of rotatable bonds is 6. The molecule has 0 aromatic heterocycles. The summed E-state index contributed by atoms with van der Waals surface area (Å²) in [5, 5.41) is 14.4. The Morgan fingerprint density at radius 3 is 2.56 bits per heavy atom. The van der Waals surface area contributed by atoms with Gasteiger partial charge in [-0.2, -0.15) is 5.26 Å². The maximum atomic E-state index is 8.71. The zero-order valence-electron chi connectivity index (χ0n) is 12.4. The summed E-state index contributed by atoms with van der Waals surface area (Å²) in [5.74, 6) is 0.654. The molecule has 5 heteroatoms. The zero-order chi connectivity index (χ0) is 14.0. The Bertz CT molecular complexity index is 285. The maximum absolute atomic E-state index is 8.71. The van der Waals surface area contributed by atoms with Gasteiger partial charge in [0.25, 0.3) is 0 Å². The molecule has 0 radical (unpaired) electrons. The Morgan fingerprint density at radius 1 is 1.39 bits per heavy atom. The Labute approximate surface area is 111 Å². The Hall–Kier alpha value is -1.28. The SMILES string of the molecule is CNCCN(C)C(=NCCCC(C)(C)C)NC#N. The second-order valence-electron chi connectivity index (χ2n) is 5.63.